The molecule has 0 bridgehead atoms. The molecule has 1 N–H and O–H groups in total. The molecular weight excluding hydrogens is 256 g/mol. The van der Waals surface area contributed by atoms with Gasteiger partial charge < -0.3 is 10.1 Å². The molecule has 0 aliphatic heterocycles. The Balaban J connectivity index is 2.09. The standard InChI is InChI=1S/C15H22N2O3/c1-3-11-4-6-12(7-5-11)16-14-10-13(20-2)8-9-15(14)17(18)19/h8-12,16H,3-7H2,1-2H3. The lowest BCUT2D eigenvalue weighted by molar-refractivity contribution is -0.384. The number of nitro groups is 1. The molecule has 1 aliphatic carbocycles. The summed E-state index contributed by atoms with van der Waals surface area (Å²) in [6.07, 6.45) is 5.78. The molecule has 110 valence electrons. The fraction of sp³-hybridized carbons (Fsp3) is 0.600. The molecule has 1 saturated carbocycles. The maximum atomic E-state index is 11.1. The van der Waals surface area contributed by atoms with E-state index in [0.717, 1.165) is 18.8 Å². The highest BCUT2D eigenvalue weighted by atomic mass is 16.6. The monoisotopic (exact) mass is 278 g/mol. The Morgan fingerprint density at radius 1 is 1.35 bits per heavy atom. The van der Waals surface area contributed by atoms with Crippen LogP contribution in [0.4, 0.5) is 11.4 Å². The molecule has 20 heavy (non-hydrogen) atoms. The van der Waals surface area contributed by atoms with Gasteiger partial charge in [-0.2, -0.15) is 0 Å². The quantitative estimate of drug-likeness (QED) is 0.653. The van der Waals surface area contributed by atoms with Crippen LogP contribution in [0.2, 0.25) is 0 Å². The SMILES string of the molecule is CCC1CCC(Nc2cc(OC)ccc2[N+](=O)[O-])CC1. The molecular formula is C15H22N2O3. The van der Waals surface area contributed by atoms with E-state index in [9.17, 15) is 10.1 Å². The first-order valence-electron chi connectivity index (χ1n) is 7.23. The highest BCUT2D eigenvalue weighted by molar-refractivity contribution is 5.64. The van der Waals surface area contributed by atoms with E-state index in [1.54, 1.807) is 19.2 Å². The smallest absolute Gasteiger partial charge is 0.292 e. The number of nitro benzene ring substituents is 1. The molecule has 2 rings (SSSR count). The molecule has 0 aromatic heterocycles. The Morgan fingerprint density at radius 2 is 2.05 bits per heavy atom. The van der Waals surface area contributed by atoms with Gasteiger partial charge in [0.2, 0.25) is 0 Å². The predicted octanol–water partition coefficient (Wildman–Crippen LogP) is 3.98. The zero-order chi connectivity index (χ0) is 14.5. The number of rotatable bonds is 5. The van der Waals surface area contributed by atoms with Gasteiger partial charge in [0.05, 0.1) is 12.0 Å². The van der Waals surface area contributed by atoms with Gasteiger partial charge in [-0.1, -0.05) is 13.3 Å². The van der Waals surface area contributed by atoms with Crippen LogP contribution in [0.25, 0.3) is 0 Å². The van der Waals surface area contributed by atoms with E-state index >= 15 is 0 Å². The maximum absolute atomic E-state index is 11.1. The van der Waals surface area contributed by atoms with Crippen LogP contribution < -0.4 is 10.1 Å². The van der Waals surface area contributed by atoms with Crippen molar-refractivity contribution in [2.45, 2.75) is 45.1 Å². The lowest BCUT2D eigenvalue weighted by atomic mass is 9.84. The third-order valence-corrected chi connectivity index (χ3v) is 4.18. The Morgan fingerprint density at radius 3 is 2.60 bits per heavy atom. The summed E-state index contributed by atoms with van der Waals surface area (Å²) < 4.78 is 5.15. The number of benzene rings is 1. The normalized spacial score (nSPS) is 22.3. The van der Waals surface area contributed by atoms with E-state index in [-0.39, 0.29) is 10.6 Å². The molecule has 1 aromatic rings. The average Bonchev–Trinajstić information content (AvgIpc) is 2.47. The van der Waals surface area contributed by atoms with Gasteiger partial charge in [-0.25, -0.2) is 0 Å². The zero-order valence-electron chi connectivity index (χ0n) is 12.1. The topological polar surface area (TPSA) is 64.4 Å². The Kier molecular flexibility index (Phi) is 4.82. The van der Waals surface area contributed by atoms with Gasteiger partial charge in [0, 0.05) is 18.2 Å². The molecule has 0 unspecified atom stereocenters. The van der Waals surface area contributed by atoms with Gasteiger partial charge in [0.1, 0.15) is 11.4 Å². The van der Waals surface area contributed by atoms with Crippen LogP contribution in [0.5, 0.6) is 5.75 Å². The largest absolute Gasteiger partial charge is 0.497 e. The van der Waals surface area contributed by atoms with Crippen molar-refractivity contribution in [3.8, 4) is 5.75 Å². The number of nitrogens with one attached hydrogen (secondary N) is 1. The number of hydrogen-bond acceptors (Lipinski definition) is 4. The summed E-state index contributed by atoms with van der Waals surface area (Å²) in [4.78, 5) is 10.7. The Bertz CT molecular complexity index is 468. The third-order valence-electron chi connectivity index (χ3n) is 4.18. The second-order valence-electron chi connectivity index (χ2n) is 5.41. The molecule has 5 nitrogen and oxygen atoms in total. The maximum Gasteiger partial charge on any atom is 0.292 e. The molecule has 1 aromatic carbocycles. The van der Waals surface area contributed by atoms with Crippen LogP contribution >= 0.6 is 0 Å². The van der Waals surface area contributed by atoms with Crippen LogP contribution in [-0.2, 0) is 0 Å². The third kappa shape index (κ3) is 3.40. The van der Waals surface area contributed by atoms with Crippen molar-refractivity contribution in [1.29, 1.82) is 0 Å². The van der Waals surface area contributed by atoms with Gasteiger partial charge >= 0.3 is 0 Å². The molecule has 0 heterocycles. The Hall–Kier alpha value is -1.78. The summed E-state index contributed by atoms with van der Waals surface area (Å²) in [5.74, 6) is 1.45. The first kappa shape index (κ1) is 14.6. The number of anilines is 1. The molecule has 0 atom stereocenters. The lowest BCUT2D eigenvalue weighted by Crippen LogP contribution is -2.26. The average molecular weight is 278 g/mol. The molecule has 0 saturated heterocycles. The van der Waals surface area contributed by atoms with E-state index in [1.165, 1.54) is 25.3 Å². The fourth-order valence-corrected chi connectivity index (χ4v) is 2.85. The minimum Gasteiger partial charge on any atom is -0.497 e. The summed E-state index contributed by atoms with van der Waals surface area (Å²) in [6.45, 7) is 2.23. The highest BCUT2D eigenvalue weighted by Crippen LogP contribution is 2.33. The highest BCUT2D eigenvalue weighted by Gasteiger charge is 2.23. The van der Waals surface area contributed by atoms with E-state index in [1.807, 2.05) is 0 Å². The van der Waals surface area contributed by atoms with Crippen LogP contribution in [0.15, 0.2) is 18.2 Å². The van der Waals surface area contributed by atoms with E-state index < -0.39 is 0 Å². The van der Waals surface area contributed by atoms with Crippen molar-refractivity contribution in [3.05, 3.63) is 28.3 Å². The molecule has 0 amide bonds. The van der Waals surface area contributed by atoms with Crippen molar-refractivity contribution < 1.29 is 9.66 Å². The summed E-state index contributed by atoms with van der Waals surface area (Å²) in [5, 5.41) is 14.4. The molecule has 0 radical (unpaired) electrons. The van der Waals surface area contributed by atoms with Crippen molar-refractivity contribution >= 4 is 11.4 Å². The molecule has 1 fully saturated rings. The van der Waals surface area contributed by atoms with Crippen LogP contribution in [-0.4, -0.2) is 18.1 Å². The first-order chi connectivity index (χ1) is 9.63. The van der Waals surface area contributed by atoms with Gasteiger partial charge in [-0.15, -0.1) is 0 Å². The number of methoxy groups -OCH3 is 1. The summed E-state index contributed by atoms with van der Waals surface area (Å²) in [5.41, 5.74) is 0.678. The predicted molar refractivity (Wildman–Crippen MR) is 79.3 cm³/mol. The van der Waals surface area contributed by atoms with Crippen molar-refractivity contribution in [3.63, 3.8) is 0 Å². The van der Waals surface area contributed by atoms with Gasteiger partial charge in [0.25, 0.3) is 5.69 Å². The van der Waals surface area contributed by atoms with E-state index in [0.29, 0.717) is 17.5 Å². The minimum atomic E-state index is -0.348. The van der Waals surface area contributed by atoms with Gasteiger partial charge in [-0.3, -0.25) is 10.1 Å². The second kappa shape index (κ2) is 6.59. The summed E-state index contributed by atoms with van der Waals surface area (Å²) in [7, 11) is 1.57. The first-order valence-corrected chi connectivity index (χ1v) is 7.23. The van der Waals surface area contributed by atoms with E-state index in [2.05, 4.69) is 12.2 Å². The van der Waals surface area contributed by atoms with Gasteiger partial charge in [0.15, 0.2) is 0 Å². The number of ether oxygens (including phenoxy) is 1. The van der Waals surface area contributed by atoms with Crippen LogP contribution in [0.3, 0.4) is 0 Å². The summed E-state index contributed by atoms with van der Waals surface area (Å²) in [6, 6.07) is 5.16. The molecule has 1 aliphatic rings. The number of hydrogen-bond donors (Lipinski definition) is 1. The van der Waals surface area contributed by atoms with Gasteiger partial charge in [-0.05, 0) is 37.7 Å². The minimum absolute atomic E-state index is 0.114. The molecule has 0 spiro atoms. The Labute approximate surface area is 119 Å². The molecule has 5 heteroatoms. The van der Waals surface area contributed by atoms with E-state index in [4.69, 9.17) is 4.74 Å². The van der Waals surface area contributed by atoms with Crippen molar-refractivity contribution in [2.24, 2.45) is 5.92 Å². The van der Waals surface area contributed by atoms with Crippen LogP contribution in [0.1, 0.15) is 39.0 Å². The lowest BCUT2D eigenvalue weighted by Gasteiger charge is -2.29. The van der Waals surface area contributed by atoms with Crippen molar-refractivity contribution in [2.75, 3.05) is 12.4 Å². The summed E-state index contributed by atoms with van der Waals surface area (Å²) >= 11 is 0. The second-order valence-corrected chi connectivity index (χ2v) is 5.41. The zero-order valence-corrected chi connectivity index (χ0v) is 12.1. The number of nitrogens with zero attached hydrogens (tertiary/aromatic N) is 1. The fourth-order valence-electron chi connectivity index (χ4n) is 2.85. The van der Waals surface area contributed by atoms with Crippen LogP contribution in [0, 0.1) is 16.0 Å². The van der Waals surface area contributed by atoms with Crippen molar-refractivity contribution in [1.82, 2.24) is 0 Å².